The fourth-order valence-corrected chi connectivity index (χ4v) is 1.39. The first-order valence-corrected chi connectivity index (χ1v) is 4.14. The number of benzene rings is 1. The van der Waals surface area contributed by atoms with Gasteiger partial charge in [-0.25, -0.2) is 9.59 Å². The standard InChI is InChI=1S/C8H4Cl2O4.2ClH/c9-3-1-4(7(11)12)6(10)5(2-3)8(13)14;;/h1-2H,(H,11,12)(H,13,14);2*1H/p-2. The first-order valence-electron chi connectivity index (χ1n) is 3.39. The molecule has 0 fully saturated rings. The van der Waals surface area contributed by atoms with Gasteiger partial charge in [0.25, 0.3) is 0 Å². The van der Waals surface area contributed by atoms with Crippen LogP contribution < -0.4 is 24.8 Å². The molecule has 8 heteroatoms. The highest BCUT2D eigenvalue weighted by atomic mass is 35.5. The molecule has 0 atom stereocenters. The molecule has 1 aromatic rings. The zero-order chi connectivity index (χ0) is 10.9. The Morgan fingerprint density at radius 2 is 1.25 bits per heavy atom. The Hall–Kier alpha value is -0.680. The molecular weight excluding hydrogens is 302 g/mol. The van der Waals surface area contributed by atoms with Crippen LogP contribution in [0, 0.1) is 0 Å². The lowest BCUT2D eigenvalue weighted by molar-refractivity contribution is -0.00100. The minimum atomic E-state index is -1.32. The van der Waals surface area contributed by atoms with E-state index < -0.39 is 11.9 Å². The molecule has 0 aliphatic carbocycles. The van der Waals surface area contributed by atoms with E-state index in [1.54, 1.807) is 0 Å². The SMILES string of the molecule is O=C(O)c1cc(Cl)cc(C(=O)O)c1Cl.[Cl-].[Cl-]. The summed E-state index contributed by atoms with van der Waals surface area (Å²) in [5, 5.41) is 17.0. The van der Waals surface area contributed by atoms with Crippen LogP contribution in [-0.2, 0) is 0 Å². The predicted molar refractivity (Wildman–Crippen MR) is 50.4 cm³/mol. The van der Waals surface area contributed by atoms with Crippen LogP contribution in [0.1, 0.15) is 20.7 Å². The molecule has 0 heterocycles. The summed E-state index contributed by atoms with van der Waals surface area (Å²) in [6.45, 7) is 0. The van der Waals surface area contributed by atoms with Crippen LogP contribution in [0.2, 0.25) is 10.0 Å². The van der Waals surface area contributed by atoms with Gasteiger partial charge in [-0.2, -0.15) is 0 Å². The van der Waals surface area contributed by atoms with Crippen LogP contribution in [0.5, 0.6) is 0 Å². The summed E-state index contributed by atoms with van der Waals surface area (Å²) in [6.07, 6.45) is 0. The van der Waals surface area contributed by atoms with Crippen molar-refractivity contribution in [3.8, 4) is 0 Å². The lowest BCUT2D eigenvalue weighted by Gasteiger charge is -2.03. The molecule has 4 nitrogen and oxygen atoms in total. The van der Waals surface area contributed by atoms with E-state index in [2.05, 4.69) is 0 Å². The Labute approximate surface area is 113 Å². The van der Waals surface area contributed by atoms with Crippen LogP contribution >= 0.6 is 23.2 Å². The largest absolute Gasteiger partial charge is 1.00 e. The second-order valence-electron chi connectivity index (χ2n) is 2.43. The van der Waals surface area contributed by atoms with E-state index >= 15 is 0 Å². The highest BCUT2D eigenvalue weighted by molar-refractivity contribution is 6.38. The molecule has 16 heavy (non-hydrogen) atoms. The monoisotopic (exact) mass is 304 g/mol. The Morgan fingerprint density at radius 3 is 1.50 bits per heavy atom. The van der Waals surface area contributed by atoms with Gasteiger partial charge in [0, 0.05) is 5.02 Å². The van der Waals surface area contributed by atoms with Crippen LogP contribution in [-0.4, -0.2) is 22.2 Å². The van der Waals surface area contributed by atoms with Crippen molar-refractivity contribution in [1.29, 1.82) is 0 Å². The fraction of sp³-hybridized carbons (Fsp3) is 0. The van der Waals surface area contributed by atoms with E-state index in [9.17, 15) is 9.59 Å². The summed E-state index contributed by atoms with van der Waals surface area (Å²) in [5.74, 6) is -2.64. The zero-order valence-corrected chi connectivity index (χ0v) is 10.4. The highest BCUT2D eigenvalue weighted by Crippen LogP contribution is 2.25. The summed E-state index contributed by atoms with van der Waals surface area (Å²) < 4.78 is 0. The normalized spacial score (nSPS) is 8.62. The molecule has 0 bridgehead atoms. The molecule has 0 amide bonds. The van der Waals surface area contributed by atoms with E-state index in [4.69, 9.17) is 33.4 Å². The van der Waals surface area contributed by atoms with Gasteiger partial charge in [0.2, 0.25) is 0 Å². The van der Waals surface area contributed by atoms with Gasteiger partial charge in [0.1, 0.15) is 0 Å². The molecule has 1 aromatic carbocycles. The molecule has 0 radical (unpaired) electrons. The average molecular weight is 306 g/mol. The number of rotatable bonds is 2. The molecule has 0 saturated heterocycles. The second-order valence-corrected chi connectivity index (χ2v) is 3.24. The summed E-state index contributed by atoms with van der Waals surface area (Å²) in [5.41, 5.74) is -0.645. The van der Waals surface area contributed by atoms with Crippen molar-refractivity contribution in [2.24, 2.45) is 0 Å². The summed E-state index contributed by atoms with van der Waals surface area (Å²) in [4.78, 5) is 21.2. The lowest BCUT2D eigenvalue weighted by atomic mass is 10.1. The number of carboxylic acids is 2. The highest BCUT2D eigenvalue weighted by Gasteiger charge is 2.17. The number of aromatic carboxylic acids is 2. The summed E-state index contributed by atoms with van der Waals surface area (Å²) >= 11 is 11.1. The number of carbonyl (C=O) groups is 2. The van der Waals surface area contributed by atoms with E-state index in [0.29, 0.717) is 0 Å². The number of carboxylic acid groups (broad SMARTS) is 2. The van der Waals surface area contributed by atoms with E-state index in [1.807, 2.05) is 0 Å². The minimum Gasteiger partial charge on any atom is -1.00 e. The van der Waals surface area contributed by atoms with Gasteiger partial charge >= 0.3 is 11.9 Å². The zero-order valence-electron chi connectivity index (χ0n) is 7.38. The predicted octanol–water partition coefficient (Wildman–Crippen LogP) is -3.60. The molecule has 0 saturated carbocycles. The number of hydrogen-bond acceptors (Lipinski definition) is 2. The molecule has 0 aliphatic rings. The minimum absolute atomic E-state index is 0. The van der Waals surface area contributed by atoms with Crippen molar-refractivity contribution in [2.75, 3.05) is 0 Å². The molecule has 90 valence electrons. The first-order chi connectivity index (χ1) is 6.43. The first kappa shape index (κ1) is 17.7. The Kier molecular flexibility index (Phi) is 7.53. The van der Waals surface area contributed by atoms with Crippen molar-refractivity contribution in [3.05, 3.63) is 33.3 Å². The maximum atomic E-state index is 10.6. The molecule has 0 spiro atoms. The van der Waals surface area contributed by atoms with Gasteiger partial charge in [0.05, 0.1) is 16.1 Å². The van der Waals surface area contributed by atoms with Crippen molar-refractivity contribution in [1.82, 2.24) is 0 Å². The van der Waals surface area contributed by atoms with Gasteiger partial charge in [-0.05, 0) is 12.1 Å². The summed E-state index contributed by atoms with van der Waals surface area (Å²) in [7, 11) is 0. The molecule has 0 unspecified atom stereocenters. The lowest BCUT2D eigenvalue weighted by Crippen LogP contribution is -3.00. The smallest absolute Gasteiger partial charge is 0.337 e. The quantitative estimate of drug-likeness (QED) is 0.592. The molecule has 0 aromatic heterocycles. The van der Waals surface area contributed by atoms with E-state index in [0.717, 1.165) is 12.1 Å². The van der Waals surface area contributed by atoms with Gasteiger partial charge in [-0.3, -0.25) is 0 Å². The fourth-order valence-electron chi connectivity index (χ4n) is 0.900. The topological polar surface area (TPSA) is 74.6 Å². The van der Waals surface area contributed by atoms with Crippen molar-refractivity contribution >= 4 is 35.1 Å². The Morgan fingerprint density at radius 1 is 0.938 bits per heavy atom. The van der Waals surface area contributed by atoms with Gasteiger partial charge in [0.15, 0.2) is 0 Å². The Balaban J connectivity index is 0. The van der Waals surface area contributed by atoms with Gasteiger partial charge in [-0.15, -0.1) is 0 Å². The maximum absolute atomic E-state index is 10.6. The van der Waals surface area contributed by atoms with E-state index in [-0.39, 0.29) is 46.0 Å². The van der Waals surface area contributed by atoms with Crippen molar-refractivity contribution < 1.29 is 44.6 Å². The second kappa shape index (κ2) is 6.81. The number of hydrogen-bond donors (Lipinski definition) is 2. The van der Waals surface area contributed by atoms with Crippen molar-refractivity contribution in [2.45, 2.75) is 0 Å². The van der Waals surface area contributed by atoms with Gasteiger partial charge in [-0.1, -0.05) is 23.2 Å². The molecule has 1 rings (SSSR count). The third kappa shape index (κ3) is 3.72. The van der Waals surface area contributed by atoms with Gasteiger partial charge < -0.3 is 35.0 Å². The van der Waals surface area contributed by atoms with Crippen LogP contribution in [0.15, 0.2) is 12.1 Å². The molecular formula is C8H4Cl4O4-2. The third-order valence-electron chi connectivity index (χ3n) is 1.50. The third-order valence-corrected chi connectivity index (χ3v) is 2.12. The molecule has 2 N–H and O–H groups in total. The molecule has 0 aliphatic heterocycles. The van der Waals surface area contributed by atoms with Crippen LogP contribution in [0.3, 0.4) is 0 Å². The summed E-state index contributed by atoms with van der Waals surface area (Å²) in [6, 6.07) is 2.19. The average Bonchev–Trinajstić information content (AvgIpc) is 2.07. The van der Waals surface area contributed by atoms with Crippen molar-refractivity contribution in [3.63, 3.8) is 0 Å². The Bertz CT molecular complexity index is 383. The maximum Gasteiger partial charge on any atom is 0.337 e. The van der Waals surface area contributed by atoms with Crippen LogP contribution in [0.25, 0.3) is 0 Å². The number of halogens is 4. The van der Waals surface area contributed by atoms with Crippen LogP contribution in [0.4, 0.5) is 0 Å². The van der Waals surface area contributed by atoms with E-state index in [1.165, 1.54) is 0 Å².